The summed E-state index contributed by atoms with van der Waals surface area (Å²) in [6, 6.07) is 38.3. The maximum Gasteiger partial charge on any atom is 0.325 e. The standard InChI is InChI=1S/C13H10ClNO.C13H10ClNS.C5H8ClNO.C5H10ClNS.C3H6ClNS/c2*14-13(16)15(11-7-3-1-4-8-11)12-9-5-2-6-10-12;6-5(8)7-3-1-2-4-7;1-3-7(4-2)5(6)8;1-5(2)3(4)6/h2*1-10H;1-4H2;3-4H2,1-2H3;1-2H3. The second kappa shape index (κ2) is 28.4. The van der Waals surface area contributed by atoms with Gasteiger partial charge in [-0.25, -0.2) is 0 Å². The van der Waals surface area contributed by atoms with Gasteiger partial charge in [0.25, 0.3) is 0 Å². The Labute approximate surface area is 361 Å². The highest BCUT2D eigenvalue weighted by Gasteiger charge is 2.15. The summed E-state index contributed by atoms with van der Waals surface area (Å²) in [5.41, 5.74) is 3.45. The number of amides is 2. The first-order valence-corrected chi connectivity index (χ1v) is 19.8. The maximum atomic E-state index is 11.4. The highest BCUT2D eigenvalue weighted by molar-refractivity contribution is 7.83. The fourth-order valence-corrected chi connectivity index (χ4v) is 5.65. The molecule has 290 valence electrons. The van der Waals surface area contributed by atoms with Crippen molar-refractivity contribution in [2.75, 3.05) is 50.1 Å². The molecule has 0 radical (unpaired) electrons. The summed E-state index contributed by atoms with van der Waals surface area (Å²) in [7, 11) is 3.60. The molecule has 0 spiro atoms. The van der Waals surface area contributed by atoms with Crippen molar-refractivity contribution >= 4 is 141 Å². The van der Waals surface area contributed by atoms with E-state index in [1.54, 1.807) is 23.9 Å². The number of nitrogens with zero attached hydrogens (tertiary/aromatic N) is 5. The Morgan fingerprint density at radius 3 is 1.00 bits per heavy atom. The minimum Gasteiger partial charge on any atom is -0.360 e. The molecule has 1 saturated heterocycles. The summed E-state index contributed by atoms with van der Waals surface area (Å²) < 4.78 is 1.18. The lowest BCUT2D eigenvalue weighted by atomic mass is 10.2. The Hall–Kier alpha value is -3.06. The Balaban J connectivity index is 0.000000358. The lowest BCUT2D eigenvalue weighted by Gasteiger charge is -2.21. The SMILES string of the molecule is CCN(CC)C(=S)Cl.CN(C)C(=S)Cl.O=C(Cl)N(c1ccccc1)c1ccccc1.O=C(Cl)N1CCCC1.S=C(Cl)N(c1ccccc1)c1ccccc1. The second-order valence-corrected chi connectivity index (χ2v) is 14.6. The number of carbonyl (C=O) groups excluding carboxylic acids is 2. The molecule has 1 fully saturated rings. The van der Waals surface area contributed by atoms with Gasteiger partial charge in [-0.2, -0.15) is 0 Å². The summed E-state index contributed by atoms with van der Waals surface area (Å²) in [4.78, 5) is 30.3. The average Bonchev–Trinajstić information content (AvgIpc) is 3.71. The van der Waals surface area contributed by atoms with Crippen LogP contribution in [0.3, 0.4) is 0 Å². The van der Waals surface area contributed by atoms with Crippen LogP contribution in [0.1, 0.15) is 26.7 Å². The summed E-state index contributed by atoms with van der Waals surface area (Å²) in [6.45, 7) is 7.55. The first-order chi connectivity index (χ1) is 25.7. The number of carbonyl (C=O) groups is 2. The third-order valence-electron chi connectivity index (χ3n) is 7.13. The summed E-state index contributed by atoms with van der Waals surface area (Å²) in [6.07, 6.45) is 2.22. The van der Waals surface area contributed by atoms with Gasteiger partial charge in [-0.15, -0.1) is 0 Å². The van der Waals surface area contributed by atoms with E-state index in [1.165, 1.54) is 4.90 Å². The van der Waals surface area contributed by atoms with Crippen molar-refractivity contribution in [2.45, 2.75) is 26.7 Å². The van der Waals surface area contributed by atoms with E-state index >= 15 is 0 Å². The molecule has 1 heterocycles. The molecule has 1 aliphatic heterocycles. The zero-order chi connectivity index (χ0) is 40.5. The molecule has 0 aromatic heterocycles. The molecule has 0 unspecified atom stereocenters. The molecular formula is C39H44Cl5N5O2S3. The molecule has 2 amide bonds. The van der Waals surface area contributed by atoms with Gasteiger partial charge in [0.05, 0.1) is 11.4 Å². The van der Waals surface area contributed by atoms with Crippen LogP contribution in [0.5, 0.6) is 0 Å². The van der Waals surface area contributed by atoms with E-state index in [1.807, 2.05) is 145 Å². The average molecular weight is 888 g/mol. The number of benzene rings is 4. The Kier molecular flexibility index (Phi) is 25.7. The van der Waals surface area contributed by atoms with Gasteiger partial charge in [-0.1, -0.05) is 108 Å². The lowest BCUT2D eigenvalue weighted by Crippen LogP contribution is -2.24. The van der Waals surface area contributed by atoms with Gasteiger partial charge >= 0.3 is 10.7 Å². The Bertz CT molecular complexity index is 1500. The molecule has 0 aliphatic carbocycles. The fourth-order valence-electron chi connectivity index (χ4n) is 4.38. The monoisotopic (exact) mass is 885 g/mol. The summed E-state index contributed by atoms with van der Waals surface area (Å²) in [5, 5.41) is -0.820. The molecule has 0 atom stereocenters. The smallest absolute Gasteiger partial charge is 0.325 e. The quantitative estimate of drug-likeness (QED) is 0.108. The van der Waals surface area contributed by atoms with Crippen LogP contribution in [0.4, 0.5) is 32.3 Å². The van der Waals surface area contributed by atoms with Crippen LogP contribution in [0.2, 0.25) is 0 Å². The fraction of sp³-hybridized carbons (Fsp3) is 0.256. The van der Waals surface area contributed by atoms with Crippen molar-refractivity contribution in [1.29, 1.82) is 0 Å². The van der Waals surface area contributed by atoms with Crippen LogP contribution >= 0.6 is 94.7 Å². The molecule has 1 aliphatic rings. The van der Waals surface area contributed by atoms with Crippen LogP contribution in [0.25, 0.3) is 0 Å². The van der Waals surface area contributed by atoms with Crippen LogP contribution in [-0.2, 0) is 0 Å². The highest BCUT2D eigenvalue weighted by Crippen LogP contribution is 2.27. The van der Waals surface area contributed by atoms with Crippen LogP contribution in [0.15, 0.2) is 121 Å². The van der Waals surface area contributed by atoms with Crippen molar-refractivity contribution in [3.8, 4) is 0 Å². The van der Waals surface area contributed by atoms with Crippen LogP contribution < -0.4 is 9.80 Å². The van der Waals surface area contributed by atoms with Crippen molar-refractivity contribution in [2.24, 2.45) is 0 Å². The first kappa shape index (κ1) is 49.0. The van der Waals surface area contributed by atoms with Gasteiger partial charge in [0.1, 0.15) is 0 Å². The number of likely N-dealkylation sites (tertiary alicyclic amines) is 1. The summed E-state index contributed by atoms with van der Waals surface area (Å²) >= 11 is 41.8. The molecule has 7 nitrogen and oxygen atoms in total. The van der Waals surface area contributed by atoms with Gasteiger partial charge in [0.2, 0.25) is 0 Å². The first-order valence-electron chi connectivity index (χ1n) is 16.7. The second-order valence-electron chi connectivity index (χ2n) is 11.0. The number of hydrogen-bond acceptors (Lipinski definition) is 5. The van der Waals surface area contributed by atoms with E-state index in [0.717, 1.165) is 61.8 Å². The Morgan fingerprint density at radius 2 is 0.833 bits per heavy atom. The number of hydrogen-bond donors (Lipinski definition) is 0. The molecule has 54 heavy (non-hydrogen) atoms. The largest absolute Gasteiger partial charge is 0.360 e. The molecule has 0 bridgehead atoms. The predicted octanol–water partition coefficient (Wildman–Crippen LogP) is 12.9. The highest BCUT2D eigenvalue weighted by atomic mass is 35.5. The maximum absolute atomic E-state index is 11.4. The molecule has 5 rings (SSSR count). The van der Waals surface area contributed by atoms with Gasteiger partial charge in [-0.05, 0) is 135 Å². The van der Waals surface area contributed by atoms with Crippen molar-refractivity contribution in [1.82, 2.24) is 14.7 Å². The zero-order valence-corrected chi connectivity index (χ0v) is 36.7. The molecule has 4 aromatic rings. The van der Waals surface area contributed by atoms with Crippen LogP contribution in [0, 0.1) is 0 Å². The number of thiocarbonyl (C=S) groups is 3. The Morgan fingerprint density at radius 1 is 0.537 bits per heavy atom. The number of halogens is 5. The molecule has 0 saturated carbocycles. The molecule has 15 heteroatoms. The third-order valence-corrected chi connectivity index (χ3v) is 9.09. The van der Waals surface area contributed by atoms with Gasteiger partial charge in [0.15, 0.2) is 13.3 Å². The normalized spacial score (nSPS) is 10.9. The van der Waals surface area contributed by atoms with E-state index < -0.39 is 5.37 Å². The number of rotatable bonds is 6. The number of para-hydroxylation sites is 4. The predicted molar refractivity (Wildman–Crippen MR) is 245 cm³/mol. The molecule has 0 N–H and O–H groups in total. The number of anilines is 4. The van der Waals surface area contributed by atoms with E-state index in [4.69, 9.17) is 82.4 Å². The van der Waals surface area contributed by atoms with Crippen molar-refractivity contribution in [3.05, 3.63) is 121 Å². The van der Waals surface area contributed by atoms with Crippen molar-refractivity contribution < 1.29 is 9.59 Å². The minimum absolute atomic E-state index is 0.303. The topological polar surface area (TPSA) is 50.3 Å². The molecule has 4 aromatic carbocycles. The summed E-state index contributed by atoms with van der Waals surface area (Å²) in [5.74, 6) is 0. The zero-order valence-electron chi connectivity index (χ0n) is 30.5. The lowest BCUT2D eigenvalue weighted by molar-refractivity contribution is 0.232. The van der Waals surface area contributed by atoms with E-state index in [-0.39, 0.29) is 5.37 Å². The molecular weight excluding hydrogens is 844 g/mol. The van der Waals surface area contributed by atoms with E-state index in [9.17, 15) is 9.59 Å². The van der Waals surface area contributed by atoms with E-state index in [0.29, 0.717) is 13.3 Å². The van der Waals surface area contributed by atoms with Crippen molar-refractivity contribution in [3.63, 3.8) is 0 Å². The minimum atomic E-state index is -0.516. The van der Waals surface area contributed by atoms with Gasteiger partial charge < -0.3 is 14.7 Å². The van der Waals surface area contributed by atoms with Crippen LogP contribution in [-0.4, -0.2) is 79.0 Å². The van der Waals surface area contributed by atoms with Gasteiger partial charge in [0, 0.05) is 51.6 Å². The van der Waals surface area contributed by atoms with Gasteiger partial charge in [-0.3, -0.25) is 19.4 Å². The third kappa shape index (κ3) is 19.5. The van der Waals surface area contributed by atoms with E-state index in [2.05, 4.69) is 12.2 Å².